The van der Waals surface area contributed by atoms with E-state index >= 15 is 0 Å². The molecule has 0 bridgehead atoms. The van der Waals surface area contributed by atoms with Crippen LogP contribution in [-0.2, 0) is 11.2 Å². The summed E-state index contributed by atoms with van der Waals surface area (Å²) in [4.78, 5) is 28.3. The number of nitro groups is 1. The molecule has 1 saturated heterocycles. The topological polar surface area (TPSA) is 100 Å². The van der Waals surface area contributed by atoms with Gasteiger partial charge in [0, 0.05) is 48.4 Å². The maximum atomic E-state index is 13.3. The van der Waals surface area contributed by atoms with Gasteiger partial charge < -0.3 is 19.9 Å². The third-order valence-electron chi connectivity index (χ3n) is 5.18. The standard InChI is InChI=1S/C21H21FN4O4/c22-16-2-3-17-15(13-24-19(17)12-16)5-6-23-18-4-1-14(11-20(18)26(28)29)21(27)25-7-9-30-10-8-25/h1-4,11-13,23-24H,5-10H2. The van der Waals surface area contributed by atoms with E-state index in [0.717, 1.165) is 10.9 Å². The lowest BCUT2D eigenvalue weighted by Crippen LogP contribution is -2.40. The van der Waals surface area contributed by atoms with Crippen LogP contribution in [0.1, 0.15) is 15.9 Å². The first-order valence-corrected chi connectivity index (χ1v) is 9.68. The third kappa shape index (κ3) is 4.11. The minimum atomic E-state index is -0.493. The van der Waals surface area contributed by atoms with E-state index in [2.05, 4.69) is 10.3 Å². The van der Waals surface area contributed by atoms with E-state index in [9.17, 15) is 19.3 Å². The molecular weight excluding hydrogens is 391 g/mol. The number of ether oxygens (including phenoxy) is 1. The number of carbonyl (C=O) groups is 1. The average molecular weight is 412 g/mol. The summed E-state index contributed by atoms with van der Waals surface area (Å²) in [7, 11) is 0. The number of nitrogens with one attached hydrogen (secondary N) is 2. The molecule has 2 N–H and O–H groups in total. The molecule has 0 unspecified atom stereocenters. The van der Waals surface area contributed by atoms with Crippen molar-refractivity contribution in [2.45, 2.75) is 6.42 Å². The second-order valence-electron chi connectivity index (χ2n) is 7.07. The van der Waals surface area contributed by atoms with Crippen molar-refractivity contribution in [3.05, 3.63) is 69.7 Å². The number of carbonyl (C=O) groups excluding carboxylic acids is 1. The number of H-pyrrole nitrogens is 1. The second kappa shape index (κ2) is 8.50. The van der Waals surface area contributed by atoms with Crippen LogP contribution in [0.2, 0.25) is 0 Å². The van der Waals surface area contributed by atoms with Crippen LogP contribution in [0.3, 0.4) is 0 Å². The molecule has 8 nitrogen and oxygen atoms in total. The lowest BCUT2D eigenvalue weighted by atomic mass is 10.1. The Labute approximate surface area is 171 Å². The Balaban J connectivity index is 1.46. The van der Waals surface area contributed by atoms with Crippen molar-refractivity contribution in [2.24, 2.45) is 0 Å². The Morgan fingerprint density at radius 2 is 2.03 bits per heavy atom. The van der Waals surface area contributed by atoms with Gasteiger partial charge in [-0.3, -0.25) is 14.9 Å². The highest BCUT2D eigenvalue weighted by atomic mass is 19.1. The smallest absolute Gasteiger partial charge is 0.293 e. The summed E-state index contributed by atoms with van der Waals surface area (Å²) in [6.07, 6.45) is 2.40. The van der Waals surface area contributed by atoms with Crippen molar-refractivity contribution in [1.82, 2.24) is 9.88 Å². The molecule has 2 aromatic carbocycles. The van der Waals surface area contributed by atoms with Crippen LogP contribution >= 0.6 is 0 Å². The van der Waals surface area contributed by atoms with E-state index in [4.69, 9.17) is 4.74 Å². The van der Waals surface area contributed by atoms with Crippen LogP contribution in [0, 0.1) is 15.9 Å². The Kier molecular flexibility index (Phi) is 5.62. The summed E-state index contributed by atoms with van der Waals surface area (Å²) in [6.45, 7) is 2.33. The van der Waals surface area contributed by atoms with Gasteiger partial charge in [-0.15, -0.1) is 0 Å². The number of aromatic amines is 1. The highest BCUT2D eigenvalue weighted by molar-refractivity contribution is 5.95. The van der Waals surface area contributed by atoms with E-state index in [1.165, 1.54) is 18.2 Å². The van der Waals surface area contributed by atoms with Crippen molar-refractivity contribution in [2.75, 3.05) is 38.2 Å². The molecule has 156 valence electrons. The van der Waals surface area contributed by atoms with Crippen molar-refractivity contribution in [3.8, 4) is 0 Å². The molecule has 3 aromatic rings. The first-order chi connectivity index (χ1) is 14.5. The van der Waals surface area contributed by atoms with Crippen LogP contribution < -0.4 is 5.32 Å². The van der Waals surface area contributed by atoms with Crippen LogP contribution in [0.25, 0.3) is 10.9 Å². The van der Waals surface area contributed by atoms with Crippen molar-refractivity contribution >= 4 is 28.2 Å². The molecular formula is C21H21FN4O4. The van der Waals surface area contributed by atoms with Gasteiger partial charge in [0.15, 0.2) is 0 Å². The van der Waals surface area contributed by atoms with Gasteiger partial charge in [-0.1, -0.05) is 0 Å². The SMILES string of the molecule is O=C(c1ccc(NCCc2c[nH]c3cc(F)ccc23)c([N+](=O)[O-])c1)N1CCOCC1. The zero-order valence-electron chi connectivity index (χ0n) is 16.2. The van der Waals surface area contributed by atoms with Gasteiger partial charge in [-0.2, -0.15) is 0 Å². The molecule has 1 aromatic heterocycles. The number of fused-ring (bicyclic) bond motifs is 1. The predicted molar refractivity (Wildman–Crippen MR) is 110 cm³/mol. The van der Waals surface area contributed by atoms with Gasteiger partial charge in [-0.25, -0.2) is 4.39 Å². The first-order valence-electron chi connectivity index (χ1n) is 9.68. The van der Waals surface area contributed by atoms with Crippen LogP contribution in [0.4, 0.5) is 15.8 Å². The molecule has 4 rings (SSSR count). The number of nitro benzene ring substituents is 1. The Hall–Kier alpha value is -3.46. The molecule has 1 aliphatic heterocycles. The molecule has 0 atom stereocenters. The summed E-state index contributed by atoms with van der Waals surface area (Å²) < 4.78 is 18.6. The van der Waals surface area contributed by atoms with E-state index < -0.39 is 4.92 Å². The summed E-state index contributed by atoms with van der Waals surface area (Å²) in [5.74, 6) is -0.546. The maximum Gasteiger partial charge on any atom is 0.293 e. The number of halogens is 1. The third-order valence-corrected chi connectivity index (χ3v) is 5.18. The molecule has 1 fully saturated rings. The molecule has 1 amide bonds. The number of rotatable bonds is 6. The van der Waals surface area contributed by atoms with Gasteiger partial charge >= 0.3 is 0 Å². The average Bonchev–Trinajstić information content (AvgIpc) is 3.15. The number of anilines is 1. The molecule has 0 aliphatic carbocycles. The van der Waals surface area contributed by atoms with Crippen LogP contribution in [0.15, 0.2) is 42.6 Å². The Morgan fingerprint density at radius 3 is 2.80 bits per heavy atom. The van der Waals surface area contributed by atoms with Gasteiger partial charge in [0.1, 0.15) is 11.5 Å². The summed E-state index contributed by atoms with van der Waals surface area (Å²) >= 11 is 0. The molecule has 0 radical (unpaired) electrons. The molecule has 2 heterocycles. The molecule has 0 saturated carbocycles. The quantitative estimate of drug-likeness (QED) is 0.478. The number of morpholine rings is 1. The van der Waals surface area contributed by atoms with Crippen molar-refractivity contribution in [1.29, 1.82) is 0 Å². The number of aromatic nitrogens is 1. The molecule has 0 spiro atoms. The summed E-state index contributed by atoms with van der Waals surface area (Å²) in [6, 6.07) is 9.03. The fourth-order valence-electron chi connectivity index (χ4n) is 3.61. The monoisotopic (exact) mass is 412 g/mol. The minimum Gasteiger partial charge on any atom is -0.379 e. The van der Waals surface area contributed by atoms with Crippen LogP contribution in [-0.4, -0.2) is 53.6 Å². The van der Waals surface area contributed by atoms with Crippen molar-refractivity contribution < 1.29 is 18.8 Å². The number of benzene rings is 2. The van der Waals surface area contributed by atoms with Crippen molar-refractivity contribution in [3.63, 3.8) is 0 Å². The highest BCUT2D eigenvalue weighted by Gasteiger charge is 2.22. The van der Waals surface area contributed by atoms with Crippen LogP contribution in [0.5, 0.6) is 0 Å². The fraction of sp³-hybridized carbons (Fsp3) is 0.286. The van der Waals surface area contributed by atoms with E-state index in [-0.39, 0.29) is 23.0 Å². The largest absolute Gasteiger partial charge is 0.379 e. The van der Waals surface area contributed by atoms with E-state index in [0.29, 0.717) is 50.5 Å². The zero-order valence-corrected chi connectivity index (χ0v) is 16.2. The maximum absolute atomic E-state index is 13.3. The van der Waals surface area contributed by atoms with Gasteiger partial charge in [0.2, 0.25) is 0 Å². The predicted octanol–water partition coefficient (Wildman–Crippen LogP) is 3.34. The van der Waals surface area contributed by atoms with E-state index in [1.54, 1.807) is 23.1 Å². The Bertz CT molecular complexity index is 1090. The zero-order chi connectivity index (χ0) is 21.1. The number of amides is 1. The first kappa shape index (κ1) is 19.8. The van der Waals surface area contributed by atoms with Gasteiger partial charge in [0.05, 0.1) is 18.1 Å². The van der Waals surface area contributed by atoms with Gasteiger partial charge in [0.25, 0.3) is 11.6 Å². The number of hydrogen-bond acceptors (Lipinski definition) is 5. The number of nitrogens with zero attached hydrogens (tertiary/aromatic N) is 2. The summed E-state index contributed by atoms with van der Waals surface area (Å²) in [5.41, 5.74) is 2.19. The number of hydrogen-bond donors (Lipinski definition) is 2. The van der Waals surface area contributed by atoms with Gasteiger partial charge in [-0.05, 0) is 42.3 Å². The highest BCUT2D eigenvalue weighted by Crippen LogP contribution is 2.27. The lowest BCUT2D eigenvalue weighted by Gasteiger charge is -2.26. The second-order valence-corrected chi connectivity index (χ2v) is 7.07. The Morgan fingerprint density at radius 1 is 1.23 bits per heavy atom. The molecule has 30 heavy (non-hydrogen) atoms. The summed E-state index contributed by atoms with van der Waals surface area (Å²) in [5, 5.41) is 15.5. The minimum absolute atomic E-state index is 0.143. The fourth-order valence-corrected chi connectivity index (χ4v) is 3.61. The lowest BCUT2D eigenvalue weighted by molar-refractivity contribution is -0.384. The molecule has 1 aliphatic rings. The van der Waals surface area contributed by atoms with E-state index in [1.807, 2.05) is 6.20 Å². The normalized spacial score (nSPS) is 14.1. The molecule has 9 heteroatoms.